The van der Waals surface area contributed by atoms with E-state index >= 15 is 0 Å². The zero-order valence-electron chi connectivity index (χ0n) is 11.5. The van der Waals surface area contributed by atoms with Gasteiger partial charge in [-0.05, 0) is 17.7 Å². The molecule has 0 saturated carbocycles. The number of carbonyl (C=O) groups excluding carboxylic acids is 3. The highest BCUT2D eigenvalue weighted by Gasteiger charge is 2.32. The molecule has 21 heavy (non-hydrogen) atoms. The molecule has 6 nitrogen and oxygen atoms in total. The number of hydrogen-bond acceptors (Lipinski definition) is 6. The molecule has 0 unspecified atom stereocenters. The van der Waals surface area contributed by atoms with Gasteiger partial charge in [-0.3, -0.25) is 9.59 Å². The van der Waals surface area contributed by atoms with Crippen LogP contribution in [0.1, 0.15) is 18.4 Å². The summed E-state index contributed by atoms with van der Waals surface area (Å²) in [5, 5.41) is 0.566. The maximum absolute atomic E-state index is 11.6. The smallest absolute Gasteiger partial charge is 0.343 e. The van der Waals surface area contributed by atoms with Crippen molar-refractivity contribution in [2.75, 3.05) is 12.9 Å². The summed E-state index contributed by atoms with van der Waals surface area (Å²) >= 11 is 1.35. The monoisotopic (exact) mass is 309 g/mol. The van der Waals surface area contributed by atoms with Crippen LogP contribution in [0.15, 0.2) is 24.3 Å². The molecular formula is C14H15NO5S. The van der Waals surface area contributed by atoms with Crippen LogP contribution in [0, 0.1) is 0 Å². The van der Waals surface area contributed by atoms with Crippen molar-refractivity contribution in [3.8, 4) is 5.75 Å². The fourth-order valence-electron chi connectivity index (χ4n) is 1.76. The minimum atomic E-state index is -0.600. The highest BCUT2D eigenvalue weighted by molar-refractivity contribution is 7.99. The third-order valence-electron chi connectivity index (χ3n) is 2.85. The number of ether oxygens (including phenoxy) is 1. The Morgan fingerprint density at radius 1 is 1.19 bits per heavy atom. The van der Waals surface area contributed by atoms with Gasteiger partial charge in [0.1, 0.15) is 5.75 Å². The van der Waals surface area contributed by atoms with Gasteiger partial charge in [0, 0.05) is 18.6 Å². The molecule has 1 heterocycles. The van der Waals surface area contributed by atoms with Gasteiger partial charge in [-0.25, -0.2) is 4.79 Å². The Hall–Kier alpha value is -2.02. The van der Waals surface area contributed by atoms with Crippen LogP contribution < -0.4 is 4.74 Å². The van der Waals surface area contributed by atoms with Crippen LogP contribution in [0.2, 0.25) is 0 Å². The zero-order chi connectivity index (χ0) is 15.2. The number of amides is 2. The molecule has 0 spiro atoms. The van der Waals surface area contributed by atoms with Gasteiger partial charge in [0.2, 0.25) is 0 Å². The van der Waals surface area contributed by atoms with Gasteiger partial charge in [-0.2, -0.15) is 0 Å². The molecule has 112 valence electrons. The largest absolute Gasteiger partial charge is 0.497 e. The van der Waals surface area contributed by atoms with Crippen LogP contribution in [-0.4, -0.2) is 35.7 Å². The number of imide groups is 1. The molecule has 2 rings (SSSR count). The molecule has 1 aromatic rings. The van der Waals surface area contributed by atoms with Gasteiger partial charge < -0.3 is 9.57 Å². The van der Waals surface area contributed by atoms with E-state index in [1.54, 1.807) is 7.11 Å². The molecule has 1 aromatic carbocycles. The van der Waals surface area contributed by atoms with Crippen LogP contribution in [-0.2, 0) is 25.0 Å². The van der Waals surface area contributed by atoms with Gasteiger partial charge in [-0.15, -0.1) is 16.8 Å². The lowest BCUT2D eigenvalue weighted by atomic mass is 10.2. The molecule has 1 saturated heterocycles. The summed E-state index contributed by atoms with van der Waals surface area (Å²) < 4.78 is 5.06. The van der Waals surface area contributed by atoms with Gasteiger partial charge in [-0.1, -0.05) is 12.1 Å². The fourth-order valence-corrected chi connectivity index (χ4v) is 2.51. The average molecular weight is 309 g/mol. The Labute approximate surface area is 126 Å². The van der Waals surface area contributed by atoms with Crippen LogP contribution in [0.25, 0.3) is 0 Å². The number of benzene rings is 1. The number of hydroxylamine groups is 2. The number of carbonyl (C=O) groups is 3. The quantitative estimate of drug-likeness (QED) is 0.742. The van der Waals surface area contributed by atoms with E-state index in [0.29, 0.717) is 10.8 Å². The summed E-state index contributed by atoms with van der Waals surface area (Å²) in [5.74, 6) is -0.0577. The summed E-state index contributed by atoms with van der Waals surface area (Å²) in [6, 6.07) is 7.50. The molecule has 0 aromatic heterocycles. The second kappa shape index (κ2) is 7.12. The normalized spacial score (nSPS) is 14.4. The molecule has 0 bridgehead atoms. The van der Waals surface area contributed by atoms with Crippen molar-refractivity contribution in [3.63, 3.8) is 0 Å². The third-order valence-corrected chi connectivity index (χ3v) is 3.82. The first-order valence-electron chi connectivity index (χ1n) is 6.37. The van der Waals surface area contributed by atoms with Gasteiger partial charge >= 0.3 is 5.97 Å². The van der Waals surface area contributed by atoms with Crippen molar-refractivity contribution >= 4 is 29.5 Å². The van der Waals surface area contributed by atoms with Crippen molar-refractivity contribution in [2.24, 2.45) is 0 Å². The molecule has 7 heteroatoms. The maximum atomic E-state index is 11.6. The predicted molar refractivity (Wildman–Crippen MR) is 76.3 cm³/mol. The second-order valence-corrected chi connectivity index (χ2v) is 5.37. The molecule has 0 aliphatic carbocycles. The lowest BCUT2D eigenvalue weighted by Crippen LogP contribution is -2.32. The molecule has 1 aliphatic heterocycles. The molecule has 1 fully saturated rings. The predicted octanol–water partition coefficient (Wildman–Crippen LogP) is 1.54. The fraction of sp³-hybridized carbons (Fsp3) is 0.357. The van der Waals surface area contributed by atoms with Crippen LogP contribution in [0.4, 0.5) is 0 Å². The van der Waals surface area contributed by atoms with Crippen LogP contribution in [0.3, 0.4) is 0 Å². The topological polar surface area (TPSA) is 72.9 Å². The van der Waals surface area contributed by atoms with Gasteiger partial charge in [0.25, 0.3) is 11.8 Å². The first kappa shape index (κ1) is 15.4. The van der Waals surface area contributed by atoms with Crippen molar-refractivity contribution in [3.05, 3.63) is 29.8 Å². The summed E-state index contributed by atoms with van der Waals surface area (Å²) in [7, 11) is 1.60. The number of rotatable bonds is 6. The van der Waals surface area contributed by atoms with Crippen LogP contribution >= 0.6 is 11.8 Å². The SMILES string of the molecule is COc1ccc(CSCC(=O)ON2C(=O)CCC2=O)cc1. The van der Waals surface area contributed by atoms with Crippen molar-refractivity contribution in [1.29, 1.82) is 0 Å². The van der Waals surface area contributed by atoms with Crippen molar-refractivity contribution < 1.29 is 24.0 Å². The van der Waals surface area contributed by atoms with Crippen molar-refractivity contribution in [1.82, 2.24) is 5.06 Å². The number of nitrogens with zero attached hydrogens (tertiary/aromatic N) is 1. The highest BCUT2D eigenvalue weighted by atomic mass is 32.2. The number of thioether (sulfide) groups is 1. The first-order chi connectivity index (χ1) is 10.1. The van der Waals surface area contributed by atoms with Crippen molar-refractivity contribution in [2.45, 2.75) is 18.6 Å². The molecule has 0 radical (unpaired) electrons. The van der Waals surface area contributed by atoms with E-state index < -0.39 is 17.8 Å². The van der Waals surface area contributed by atoms with Gasteiger partial charge in [0.05, 0.1) is 12.9 Å². The average Bonchev–Trinajstić information content (AvgIpc) is 2.80. The highest BCUT2D eigenvalue weighted by Crippen LogP contribution is 2.17. The summed E-state index contributed by atoms with van der Waals surface area (Å²) in [4.78, 5) is 38.9. The Kier molecular flexibility index (Phi) is 5.21. The zero-order valence-corrected chi connectivity index (χ0v) is 12.4. The third kappa shape index (κ3) is 4.22. The first-order valence-corrected chi connectivity index (χ1v) is 7.53. The molecule has 2 amide bonds. The van der Waals surface area contributed by atoms with E-state index in [2.05, 4.69) is 0 Å². The summed E-state index contributed by atoms with van der Waals surface area (Å²) in [6.45, 7) is 0. The van der Waals surface area contributed by atoms with E-state index in [9.17, 15) is 14.4 Å². The van der Waals surface area contributed by atoms with E-state index in [1.165, 1.54) is 11.8 Å². The Morgan fingerprint density at radius 2 is 1.81 bits per heavy atom. The van der Waals surface area contributed by atoms with E-state index in [1.807, 2.05) is 24.3 Å². The number of methoxy groups -OCH3 is 1. The van der Waals surface area contributed by atoms with E-state index in [4.69, 9.17) is 9.57 Å². The lowest BCUT2D eigenvalue weighted by molar-refractivity contribution is -0.195. The van der Waals surface area contributed by atoms with E-state index in [-0.39, 0.29) is 18.6 Å². The second-order valence-electron chi connectivity index (χ2n) is 4.39. The Balaban J connectivity index is 1.73. The molecule has 1 aliphatic rings. The molecular weight excluding hydrogens is 294 g/mol. The van der Waals surface area contributed by atoms with Gasteiger partial charge in [0.15, 0.2) is 0 Å². The minimum Gasteiger partial charge on any atom is -0.497 e. The molecule has 0 atom stereocenters. The Morgan fingerprint density at radius 3 is 2.38 bits per heavy atom. The minimum absolute atomic E-state index is 0.0725. The standard InChI is InChI=1S/C14H15NO5S/c1-19-11-4-2-10(3-5-11)8-21-9-14(18)20-15-12(16)6-7-13(15)17/h2-5H,6-9H2,1H3. The lowest BCUT2D eigenvalue weighted by Gasteiger charge is -2.12. The van der Waals surface area contributed by atoms with Crippen LogP contribution in [0.5, 0.6) is 5.75 Å². The summed E-state index contributed by atoms with van der Waals surface area (Å²) in [6.07, 6.45) is 0.205. The Bertz CT molecular complexity index is 527. The summed E-state index contributed by atoms with van der Waals surface area (Å²) in [5.41, 5.74) is 1.04. The maximum Gasteiger partial charge on any atom is 0.343 e. The van der Waals surface area contributed by atoms with E-state index in [0.717, 1.165) is 11.3 Å². The number of hydrogen-bond donors (Lipinski definition) is 0. The molecule has 0 N–H and O–H groups in total.